The molecule has 2 aromatic carbocycles. The van der Waals surface area contributed by atoms with Crippen LogP contribution in [0.1, 0.15) is 11.1 Å². The molecule has 0 saturated heterocycles. The van der Waals surface area contributed by atoms with Gasteiger partial charge in [0.25, 0.3) is 0 Å². The number of nitrogens with one attached hydrogen (secondary N) is 2. The molecule has 2 amide bonds. The second-order valence-corrected chi connectivity index (χ2v) is 5.33. The van der Waals surface area contributed by atoms with Gasteiger partial charge in [-0.3, -0.25) is 9.59 Å². The maximum Gasteiger partial charge on any atom is 0.313 e. The second kappa shape index (κ2) is 7.61. The van der Waals surface area contributed by atoms with Crippen LogP contribution in [0.4, 0.5) is 5.69 Å². The van der Waals surface area contributed by atoms with Gasteiger partial charge in [-0.25, -0.2) is 0 Å². The van der Waals surface area contributed by atoms with Crippen molar-refractivity contribution in [2.45, 2.75) is 13.3 Å². The highest BCUT2D eigenvalue weighted by molar-refractivity contribution is 6.39. The molecule has 0 saturated carbocycles. The first kappa shape index (κ1) is 16.0. The minimum atomic E-state index is -0.676. The fourth-order valence-electron chi connectivity index (χ4n) is 2.00. The molecule has 0 bridgehead atoms. The third-order valence-electron chi connectivity index (χ3n) is 3.12. The molecule has 0 aliphatic heterocycles. The molecule has 0 radical (unpaired) electrons. The lowest BCUT2D eigenvalue weighted by atomic mass is 10.1. The maximum atomic E-state index is 11.8. The van der Waals surface area contributed by atoms with Gasteiger partial charge in [-0.1, -0.05) is 41.9 Å². The zero-order valence-corrected chi connectivity index (χ0v) is 13.0. The molecule has 2 rings (SSSR count). The van der Waals surface area contributed by atoms with Gasteiger partial charge in [-0.05, 0) is 42.7 Å². The Kier molecular flexibility index (Phi) is 5.55. The Hall–Kier alpha value is -2.33. The van der Waals surface area contributed by atoms with Crippen LogP contribution < -0.4 is 10.6 Å². The van der Waals surface area contributed by atoms with E-state index in [0.29, 0.717) is 23.7 Å². The highest BCUT2D eigenvalue weighted by Crippen LogP contribution is 2.14. The van der Waals surface area contributed by atoms with Gasteiger partial charge in [0.2, 0.25) is 0 Å². The Bertz CT molecular complexity index is 686. The molecule has 0 unspecified atom stereocenters. The lowest BCUT2D eigenvalue weighted by Crippen LogP contribution is -2.36. The summed E-state index contributed by atoms with van der Waals surface area (Å²) in [5.41, 5.74) is 2.55. The molecule has 0 spiro atoms. The predicted molar refractivity (Wildman–Crippen MR) is 88.0 cm³/mol. The van der Waals surface area contributed by atoms with Gasteiger partial charge in [-0.15, -0.1) is 0 Å². The van der Waals surface area contributed by atoms with Gasteiger partial charge in [0.1, 0.15) is 0 Å². The number of carbonyl (C=O) groups is 2. The van der Waals surface area contributed by atoms with Crippen LogP contribution in [-0.4, -0.2) is 18.4 Å². The van der Waals surface area contributed by atoms with E-state index in [2.05, 4.69) is 10.6 Å². The van der Waals surface area contributed by atoms with Crippen molar-refractivity contribution in [1.29, 1.82) is 0 Å². The van der Waals surface area contributed by atoms with E-state index in [-0.39, 0.29) is 0 Å². The van der Waals surface area contributed by atoms with E-state index in [0.717, 1.165) is 11.1 Å². The van der Waals surface area contributed by atoms with E-state index in [9.17, 15) is 9.59 Å². The second-order valence-electron chi connectivity index (χ2n) is 4.92. The third-order valence-corrected chi connectivity index (χ3v) is 3.49. The number of hydrogen-bond acceptors (Lipinski definition) is 2. The summed E-state index contributed by atoms with van der Waals surface area (Å²) in [6.07, 6.45) is 0.573. The van der Waals surface area contributed by atoms with Crippen LogP contribution in [0.2, 0.25) is 5.02 Å². The summed E-state index contributed by atoms with van der Waals surface area (Å²) in [5.74, 6) is -1.33. The summed E-state index contributed by atoms with van der Waals surface area (Å²) in [4.78, 5) is 23.5. The number of hydrogen-bond donors (Lipinski definition) is 2. The minimum absolute atomic E-state index is 0.351. The van der Waals surface area contributed by atoms with E-state index in [1.807, 2.05) is 37.3 Å². The minimum Gasteiger partial charge on any atom is -0.347 e. The Morgan fingerprint density at radius 3 is 2.55 bits per heavy atom. The molecule has 22 heavy (non-hydrogen) atoms. The number of amides is 2. The molecule has 2 N–H and O–H groups in total. The van der Waals surface area contributed by atoms with E-state index in [1.54, 1.807) is 18.2 Å². The van der Waals surface area contributed by atoms with Crippen LogP contribution in [0.15, 0.2) is 48.5 Å². The molecule has 0 aromatic heterocycles. The average Bonchev–Trinajstić information content (AvgIpc) is 2.49. The summed E-state index contributed by atoms with van der Waals surface area (Å²) >= 11 is 6.03. The Morgan fingerprint density at radius 1 is 1.05 bits per heavy atom. The van der Waals surface area contributed by atoms with Crippen LogP contribution >= 0.6 is 11.6 Å². The van der Waals surface area contributed by atoms with E-state index >= 15 is 0 Å². The van der Waals surface area contributed by atoms with Gasteiger partial charge < -0.3 is 10.6 Å². The van der Waals surface area contributed by atoms with Crippen molar-refractivity contribution in [3.63, 3.8) is 0 Å². The van der Waals surface area contributed by atoms with Crippen LogP contribution in [0, 0.1) is 6.92 Å². The number of anilines is 1. The van der Waals surface area contributed by atoms with Crippen molar-refractivity contribution in [2.24, 2.45) is 0 Å². The molecule has 114 valence electrons. The average molecular weight is 317 g/mol. The van der Waals surface area contributed by atoms with Crippen molar-refractivity contribution in [3.8, 4) is 0 Å². The monoisotopic (exact) mass is 316 g/mol. The van der Waals surface area contributed by atoms with Crippen molar-refractivity contribution in [1.82, 2.24) is 5.32 Å². The summed E-state index contributed by atoms with van der Waals surface area (Å²) in [5, 5.41) is 5.80. The molecule has 0 atom stereocenters. The molecule has 0 aliphatic carbocycles. The SMILES string of the molecule is Cc1cccc(NC(=O)C(=O)NCCc2ccccc2Cl)c1. The van der Waals surface area contributed by atoms with Gasteiger partial charge in [0.05, 0.1) is 0 Å². The van der Waals surface area contributed by atoms with Crippen molar-refractivity contribution in [3.05, 3.63) is 64.7 Å². The number of rotatable bonds is 4. The smallest absolute Gasteiger partial charge is 0.313 e. The number of carbonyl (C=O) groups excluding carboxylic acids is 2. The highest BCUT2D eigenvalue weighted by atomic mass is 35.5. The summed E-state index contributed by atoms with van der Waals surface area (Å²) < 4.78 is 0. The Balaban J connectivity index is 1.82. The van der Waals surface area contributed by atoms with Crippen molar-refractivity contribution >= 4 is 29.1 Å². The van der Waals surface area contributed by atoms with E-state index < -0.39 is 11.8 Å². The van der Waals surface area contributed by atoms with Crippen LogP contribution in [0.25, 0.3) is 0 Å². The van der Waals surface area contributed by atoms with Gasteiger partial charge in [0, 0.05) is 17.3 Å². The first-order valence-corrected chi connectivity index (χ1v) is 7.33. The zero-order chi connectivity index (χ0) is 15.9. The van der Waals surface area contributed by atoms with Crippen molar-refractivity contribution < 1.29 is 9.59 Å². The lowest BCUT2D eigenvalue weighted by molar-refractivity contribution is -0.136. The fourth-order valence-corrected chi connectivity index (χ4v) is 2.23. The highest BCUT2D eigenvalue weighted by Gasteiger charge is 2.13. The summed E-state index contributed by atoms with van der Waals surface area (Å²) in [6.45, 7) is 2.27. The molecule has 2 aromatic rings. The lowest BCUT2D eigenvalue weighted by Gasteiger charge is -2.08. The molecular formula is C17H17ClN2O2. The number of halogens is 1. The zero-order valence-electron chi connectivity index (χ0n) is 12.2. The molecule has 5 heteroatoms. The molecule has 0 heterocycles. The topological polar surface area (TPSA) is 58.2 Å². The first-order chi connectivity index (χ1) is 10.6. The molecule has 0 aliphatic rings. The van der Waals surface area contributed by atoms with Crippen LogP contribution in [0.3, 0.4) is 0 Å². The summed E-state index contributed by atoms with van der Waals surface area (Å²) in [6, 6.07) is 14.7. The predicted octanol–water partition coefficient (Wildman–Crippen LogP) is 2.95. The Labute approximate surface area is 134 Å². The third kappa shape index (κ3) is 4.60. The standard InChI is InChI=1S/C17H17ClN2O2/c1-12-5-4-7-14(11-12)20-17(22)16(21)19-10-9-13-6-2-3-8-15(13)18/h2-8,11H,9-10H2,1H3,(H,19,21)(H,20,22). The fraction of sp³-hybridized carbons (Fsp3) is 0.176. The van der Waals surface area contributed by atoms with Gasteiger partial charge in [0.15, 0.2) is 0 Å². The molecule has 4 nitrogen and oxygen atoms in total. The normalized spacial score (nSPS) is 10.1. The first-order valence-electron chi connectivity index (χ1n) is 6.95. The van der Waals surface area contributed by atoms with Crippen molar-refractivity contribution in [2.75, 3.05) is 11.9 Å². The van der Waals surface area contributed by atoms with Crippen LogP contribution in [-0.2, 0) is 16.0 Å². The van der Waals surface area contributed by atoms with Gasteiger partial charge >= 0.3 is 11.8 Å². The molecule has 0 fully saturated rings. The maximum absolute atomic E-state index is 11.8. The largest absolute Gasteiger partial charge is 0.347 e. The van der Waals surface area contributed by atoms with E-state index in [4.69, 9.17) is 11.6 Å². The number of aryl methyl sites for hydroxylation is 1. The Morgan fingerprint density at radius 2 is 1.82 bits per heavy atom. The number of benzene rings is 2. The summed E-state index contributed by atoms with van der Waals surface area (Å²) in [7, 11) is 0. The van der Waals surface area contributed by atoms with Crippen LogP contribution in [0.5, 0.6) is 0 Å². The van der Waals surface area contributed by atoms with E-state index in [1.165, 1.54) is 0 Å². The van der Waals surface area contributed by atoms with Gasteiger partial charge in [-0.2, -0.15) is 0 Å². The quantitative estimate of drug-likeness (QED) is 0.852. The molecular weight excluding hydrogens is 300 g/mol.